The summed E-state index contributed by atoms with van der Waals surface area (Å²) in [4.78, 5) is 22.4. The van der Waals surface area contributed by atoms with Crippen molar-refractivity contribution in [1.29, 1.82) is 0 Å². The molecule has 0 saturated heterocycles. The number of ether oxygens (including phenoxy) is 1. The number of nitro groups is 1. The van der Waals surface area contributed by atoms with Gasteiger partial charge in [-0.1, -0.05) is 42.5 Å². The maximum absolute atomic E-state index is 12.3. The first-order valence-electron chi connectivity index (χ1n) is 7.49. The molecule has 0 aliphatic carbocycles. The van der Waals surface area contributed by atoms with E-state index in [1.165, 1.54) is 24.3 Å². The lowest BCUT2D eigenvalue weighted by Crippen LogP contribution is -2.09. The summed E-state index contributed by atoms with van der Waals surface area (Å²) in [5, 5.41) is 12.8. The summed E-state index contributed by atoms with van der Waals surface area (Å²) < 4.78 is 5.52. The summed E-state index contributed by atoms with van der Waals surface area (Å²) in [5.41, 5.74) is 1.14. The second kappa shape index (κ2) is 6.50. The van der Waals surface area contributed by atoms with E-state index < -0.39 is 17.0 Å². The summed E-state index contributed by atoms with van der Waals surface area (Å²) in [6.45, 7) is 1.81. The minimum absolute atomic E-state index is 0.0614. The van der Waals surface area contributed by atoms with Crippen molar-refractivity contribution in [3.8, 4) is 0 Å². The quantitative estimate of drug-likeness (QED) is 0.398. The highest BCUT2D eigenvalue weighted by Crippen LogP contribution is 2.27. The third-order valence-corrected chi connectivity index (χ3v) is 3.86. The van der Waals surface area contributed by atoms with E-state index >= 15 is 0 Å². The summed E-state index contributed by atoms with van der Waals surface area (Å²) in [7, 11) is 0. The molecule has 1 unspecified atom stereocenters. The van der Waals surface area contributed by atoms with Gasteiger partial charge in [-0.15, -0.1) is 0 Å². The first kappa shape index (κ1) is 15.7. The number of carbonyl (C=O) groups is 1. The van der Waals surface area contributed by atoms with E-state index in [9.17, 15) is 14.9 Å². The summed E-state index contributed by atoms with van der Waals surface area (Å²) in [6.07, 6.45) is -0.432. The molecule has 120 valence electrons. The minimum atomic E-state index is -0.509. The van der Waals surface area contributed by atoms with Gasteiger partial charge in [0.05, 0.1) is 10.5 Å². The Kier molecular flexibility index (Phi) is 4.24. The van der Waals surface area contributed by atoms with Crippen molar-refractivity contribution in [2.75, 3.05) is 0 Å². The zero-order valence-corrected chi connectivity index (χ0v) is 13.0. The zero-order valence-electron chi connectivity index (χ0n) is 13.0. The second-order valence-electron chi connectivity index (χ2n) is 5.42. The standard InChI is InChI=1S/C19H15NO4/c1-13(17-8-4-6-14-5-2-3-7-18(14)17)24-19(21)15-9-11-16(12-10-15)20(22)23/h2-13H,1H3. The number of non-ortho nitro benzene ring substituents is 1. The van der Waals surface area contributed by atoms with Crippen molar-refractivity contribution >= 4 is 22.4 Å². The Balaban J connectivity index is 1.82. The molecule has 0 radical (unpaired) electrons. The average molecular weight is 321 g/mol. The van der Waals surface area contributed by atoms with Gasteiger partial charge >= 0.3 is 5.97 Å². The lowest BCUT2D eigenvalue weighted by atomic mass is 10.0. The van der Waals surface area contributed by atoms with Crippen LogP contribution < -0.4 is 0 Å². The molecule has 1 atom stereocenters. The van der Waals surface area contributed by atoms with Gasteiger partial charge in [0.2, 0.25) is 0 Å². The number of benzene rings is 3. The molecule has 3 aromatic rings. The highest BCUT2D eigenvalue weighted by Gasteiger charge is 2.16. The van der Waals surface area contributed by atoms with Crippen molar-refractivity contribution in [3.05, 3.63) is 88.0 Å². The van der Waals surface area contributed by atoms with Crippen LogP contribution in [-0.4, -0.2) is 10.9 Å². The molecule has 0 spiro atoms. The molecular weight excluding hydrogens is 306 g/mol. The maximum Gasteiger partial charge on any atom is 0.338 e. The van der Waals surface area contributed by atoms with Crippen molar-refractivity contribution < 1.29 is 14.5 Å². The SMILES string of the molecule is CC(OC(=O)c1ccc([N+](=O)[O-])cc1)c1cccc2ccccc12. The number of fused-ring (bicyclic) bond motifs is 1. The second-order valence-corrected chi connectivity index (χ2v) is 5.42. The first-order valence-corrected chi connectivity index (χ1v) is 7.49. The van der Waals surface area contributed by atoms with Gasteiger partial charge in [0.1, 0.15) is 6.10 Å². The Labute approximate surface area is 138 Å². The van der Waals surface area contributed by atoms with Gasteiger partial charge in [0.25, 0.3) is 5.69 Å². The van der Waals surface area contributed by atoms with Gasteiger partial charge in [-0.25, -0.2) is 4.79 Å². The molecule has 0 heterocycles. The van der Waals surface area contributed by atoms with E-state index in [-0.39, 0.29) is 11.3 Å². The molecule has 3 aromatic carbocycles. The lowest BCUT2D eigenvalue weighted by molar-refractivity contribution is -0.384. The third kappa shape index (κ3) is 3.10. The molecule has 5 nitrogen and oxygen atoms in total. The van der Waals surface area contributed by atoms with E-state index in [1.54, 1.807) is 0 Å². The Bertz CT molecular complexity index is 897. The summed E-state index contributed by atoms with van der Waals surface area (Å²) >= 11 is 0. The Hall–Kier alpha value is -3.21. The molecule has 24 heavy (non-hydrogen) atoms. The molecule has 0 aromatic heterocycles. The van der Waals surface area contributed by atoms with Crippen molar-refractivity contribution in [1.82, 2.24) is 0 Å². The topological polar surface area (TPSA) is 69.4 Å². The number of nitro benzene ring substituents is 1. The molecule has 3 rings (SSSR count). The highest BCUT2D eigenvalue weighted by atomic mass is 16.6. The fraction of sp³-hybridized carbons (Fsp3) is 0.105. The van der Waals surface area contributed by atoms with Crippen molar-refractivity contribution in [2.45, 2.75) is 13.0 Å². The smallest absolute Gasteiger partial charge is 0.338 e. The van der Waals surface area contributed by atoms with Crippen LogP contribution in [0.15, 0.2) is 66.7 Å². The van der Waals surface area contributed by atoms with Gasteiger partial charge < -0.3 is 4.74 Å². The number of esters is 1. The fourth-order valence-corrected chi connectivity index (χ4v) is 2.62. The van der Waals surface area contributed by atoms with Crippen molar-refractivity contribution in [3.63, 3.8) is 0 Å². The van der Waals surface area contributed by atoms with Gasteiger partial charge in [-0.3, -0.25) is 10.1 Å². The van der Waals surface area contributed by atoms with Gasteiger partial charge in [-0.05, 0) is 35.4 Å². The molecular formula is C19H15NO4. The van der Waals surface area contributed by atoms with E-state index in [4.69, 9.17) is 4.74 Å². The molecule has 0 saturated carbocycles. The zero-order chi connectivity index (χ0) is 17.1. The molecule has 0 N–H and O–H groups in total. The molecule has 0 aliphatic heterocycles. The van der Waals surface area contributed by atoms with Crippen LogP contribution in [0.3, 0.4) is 0 Å². The van der Waals surface area contributed by atoms with E-state index in [0.717, 1.165) is 16.3 Å². The maximum atomic E-state index is 12.3. The summed E-state index contributed by atoms with van der Waals surface area (Å²) in [6, 6.07) is 19.1. The third-order valence-electron chi connectivity index (χ3n) is 3.86. The molecule has 0 bridgehead atoms. The number of hydrogen-bond acceptors (Lipinski definition) is 4. The predicted octanol–water partition coefficient (Wildman–Crippen LogP) is 4.67. The van der Waals surface area contributed by atoms with Crippen LogP contribution in [0.5, 0.6) is 0 Å². The van der Waals surface area contributed by atoms with E-state index in [0.29, 0.717) is 0 Å². The Morgan fingerprint density at radius 2 is 1.67 bits per heavy atom. The van der Waals surface area contributed by atoms with Gasteiger partial charge in [-0.2, -0.15) is 0 Å². The van der Waals surface area contributed by atoms with Gasteiger partial charge in [0, 0.05) is 12.1 Å². The molecule has 0 amide bonds. The fourth-order valence-electron chi connectivity index (χ4n) is 2.62. The van der Waals surface area contributed by atoms with Crippen LogP contribution in [-0.2, 0) is 4.74 Å². The molecule has 0 fully saturated rings. The first-order chi connectivity index (χ1) is 11.6. The van der Waals surface area contributed by atoms with Crippen molar-refractivity contribution in [2.24, 2.45) is 0 Å². The highest BCUT2D eigenvalue weighted by molar-refractivity contribution is 5.90. The van der Waals surface area contributed by atoms with Crippen LogP contribution in [0.2, 0.25) is 0 Å². The molecule has 5 heteroatoms. The number of nitrogens with zero attached hydrogens (tertiary/aromatic N) is 1. The normalized spacial score (nSPS) is 11.9. The van der Waals surface area contributed by atoms with Crippen LogP contribution in [0.25, 0.3) is 10.8 Å². The van der Waals surface area contributed by atoms with Gasteiger partial charge in [0.15, 0.2) is 0 Å². The average Bonchev–Trinajstić information content (AvgIpc) is 2.61. The largest absolute Gasteiger partial charge is 0.454 e. The Morgan fingerprint density at radius 1 is 1.00 bits per heavy atom. The number of rotatable bonds is 4. The van der Waals surface area contributed by atoms with E-state index in [1.807, 2.05) is 49.4 Å². The van der Waals surface area contributed by atoms with Crippen LogP contribution in [0.4, 0.5) is 5.69 Å². The van der Waals surface area contributed by atoms with E-state index in [2.05, 4.69) is 0 Å². The lowest BCUT2D eigenvalue weighted by Gasteiger charge is -2.16. The number of carbonyl (C=O) groups excluding carboxylic acids is 1. The van der Waals surface area contributed by atoms with Crippen LogP contribution >= 0.6 is 0 Å². The summed E-state index contributed by atoms with van der Waals surface area (Å²) in [5.74, 6) is -0.509. The predicted molar refractivity (Wildman–Crippen MR) is 90.9 cm³/mol. The molecule has 0 aliphatic rings. The Morgan fingerprint density at radius 3 is 2.38 bits per heavy atom. The van der Waals surface area contributed by atoms with Crippen LogP contribution in [0, 0.1) is 10.1 Å². The van der Waals surface area contributed by atoms with Crippen LogP contribution in [0.1, 0.15) is 28.9 Å². The monoisotopic (exact) mass is 321 g/mol. The number of hydrogen-bond donors (Lipinski definition) is 0. The minimum Gasteiger partial charge on any atom is -0.454 e.